The van der Waals surface area contributed by atoms with Crippen molar-refractivity contribution in [3.63, 3.8) is 0 Å². The van der Waals surface area contributed by atoms with Crippen LogP contribution < -0.4 is 9.47 Å². The molecule has 0 bridgehead atoms. The van der Waals surface area contributed by atoms with Crippen LogP contribution in [0.25, 0.3) is 0 Å². The summed E-state index contributed by atoms with van der Waals surface area (Å²) in [5.74, 6) is 0.271. The standard InChI is InChI=1S/C34H40NO8Si/c1-34(2,3)40-21-27-29(43-44(5)6)30(39-20-22-12-8-7-9-13-22)28(33(42-27)41-24-18-16-23(38-4)17-19-24)35-31(36)25-14-10-11-15-26(25)32(35)37/h7-19,27-30,33H,20-21H2,1-6H3/t27-,28-,29-,30-,33-/m1/s1. The summed E-state index contributed by atoms with van der Waals surface area (Å²) in [4.78, 5) is 29.1. The molecule has 1 saturated heterocycles. The molecule has 0 saturated carbocycles. The molecular formula is C34H40NO8Si. The van der Waals surface area contributed by atoms with Crippen molar-refractivity contribution in [2.45, 2.75) is 76.7 Å². The second-order valence-electron chi connectivity index (χ2n) is 12.0. The van der Waals surface area contributed by atoms with Gasteiger partial charge in [0, 0.05) is 0 Å². The Morgan fingerprint density at radius 1 is 0.818 bits per heavy atom. The van der Waals surface area contributed by atoms with E-state index in [9.17, 15) is 9.59 Å². The number of methoxy groups -OCH3 is 1. The molecule has 2 amide bonds. The fourth-order valence-corrected chi connectivity index (χ4v) is 6.20. The number of hydrogen-bond donors (Lipinski definition) is 0. The van der Waals surface area contributed by atoms with Gasteiger partial charge in [-0.2, -0.15) is 0 Å². The lowest BCUT2D eigenvalue weighted by Crippen LogP contribution is -2.68. The number of rotatable bonds is 11. The zero-order valence-electron chi connectivity index (χ0n) is 26.0. The van der Waals surface area contributed by atoms with E-state index in [1.54, 1.807) is 55.6 Å². The smallest absolute Gasteiger partial charge is 0.262 e. The van der Waals surface area contributed by atoms with Crippen LogP contribution in [0, 0.1) is 0 Å². The van der Waals surface area contributed by atoms with Crippen LogP contribution >= 0.6 is 0 Å². The number of carbonyl (C=O) groups excluding carboxylic acids is 2. The molecule has 5 rings (SSSR count). The average Bonchev–Trinajstić information content (AvgIpc) is 3.25. The van der Waals surface area contributed by atoms with Crippen molar-refractivity contribution in [2.24, 2.45) is 0 Å². The lowest BCUT2D eigenvalue weighted by molar-refractivity contribution is -0.267. The number of amides is 2. The quantitative estimate of drug-likeness (QED) is 0.206. The van der Waals surface area contributed by atoms with E-state index in [0.29, 0.717) is 22.6 Å². The van der Waals surface area contributed by atoms with E-state index in [0.717, 1.165) is 5.56 Å². The van der Waals surface area contributed by atoms with Gasteiger partial charge in [-0.15, -0.1) is 0 Å². The summed E-state index contributed by atoms with van der Waals surface area (Å²) >= 11 is 0. The number of carbonyl (C=O) groups is 2. The summed E-state index contributed by atoms with van der Waals surface area (Å²) in [5, 5.41) is 0. The third kappa shape index (κ3) is 7.22. The molecule has 0 spiro atoms. The number of benzene rings is 3. The molecule has 5 atom stereocenters. The number of nitrogens with zero attached hydrogens (tertiary/aromatic N) is 1. The van der Waals surface area contributed by atoms with Gasteiger partial charge in [-0.25, -0.2) is 0 Å². The largest absolute Gasteiger partial charge is 0.497 e. The number of ether oxygens (including phenoxy) is 5. The third-order valence-corrected chi connectivity index (χ3v) is 8.13. The molecule has 0 aromatic heterocycles. The molecule has 2 heterocycles. The molecule has 1 fully saturated rings. The zero-order chi connectivity index (χ0) is 31.4. The highest BCUT2D eigenvalue weighted by atomic mass is 28.3. The van der Waals surface area contributed by atoms with Gasteiger partial charge < -0.3 is 28.1 Å². The van der Waals surface area contributed by atoms with Crippen LogP contribution in [0.1, 0.15) is 47.1 Å². The van der Waals surface area contributed by atoms with Crippen LogP contribution in [0.5, 0.6) is 11.5 Å². The molecule has 233 valence electrons. The number of fused-ring (bicyclic) bond motifs is 1. The van der Waals surface area contributed by atoms with Crippen LogP contribution in [0.2, 0.25) is 13.1 Å². The van der Waals surface area contributed by atoms with Gasteiger partial charge in [0.15, 0.2) is 0 Å². The first-order valence-corrected chi connectivity index (χ1v) is 17.2. The van der Waals surface area contributed by atoms with Crippen LogP contribution in [0.3, 0.4) is 0 Å². The highest BCUT2D eigenvalue weighted by molar-refractivity contribution is 6.48. The van der Waals surface area contributed by atoms with Crippen LogP contribution in [-0.2, 0) is 25.2 Å². The van der Waals surface area contributed by atoms with Gasteiger partial charge in [-0.3, -0.25) is 14.5 Å². The predicted octanol–water partition coefficient (Wildman–Crippen LogP) is 5.50. The molecule has 2 aliphatic rings. The minimum atomic E-state index is -1.30. The van der Waals surface area contributed by atoms with Gasteiger partial charge in [-0.05, 0) is 75.8 Å². The fourth-order valence-electron chi connectivity index (χ4n) is 5.37. The molecule has 9 nitrogen and oxygen atoms in total. The normalized spacial score (nSPS) is 23.6. The van der Waals surface area contributed by atoms with E-state index in [1.165, 1.54) is 4.90 Å². The average molecular weight is 619 g/mol. The van der Waals surface area contributed by atoms with Crippen molar-refractivity contribution in [3.05, 3.63) is 95.6 Å². The van der Waals surface area contributed by atoms with Crippen molar-refractivity contribution in [2.75, 3.05) is 13.7 Å². The third-order valence-electron chi connectivity index (χ3n) is 7.39. The Morgan fingerprint density at radius 2 is 1.41 bits per heavy atom. The maximum atomic E-state index is 13.9. The second-order valence-corrected chi connectivity index (χ2v) is 14.1. The first-order chi connectivity index (χ1) is 21.1. The SMILES string of the molecule is COc1ccc(O[C@@H]2O[C@H](COC(C)(C)C)[C@@H](O[Si](C)C)[C@H](OCc3ccccc3)[C@H]2N2C(=O)c3ccccc3C2=O)cc1. The summed E-state index contributed by atoms with van der Waals surface area (Å²) < 4.78 is 37.9. The van der Waals surface area contributed by atoms with Gasteiger partial charge in [0.1, 0.15) is 35.9 Å². The van der Waals surface area contributed by atoms with E-state index in [4.69, 9.17) is 28.1 Å². The molecule has 0 aliphatic carbocycles. The van der Waals surface area contributed by atoms with E-state index in [2.05, 4.69) is 0 Å². The summed E-state index contributed by atoms with van der Waals surface area (Å²) in [6, 6.07) is 22.6. The molecule has 0 N–H and O–H groups in total. The number of imide groups is 1. The first kappa shape index (κ1) is 31.9. The monoisotopic (exact) mass is 618 g/mol. The van der Waals surface area contributed by atoms with Crippen molar-refractivity contribution < 1.29 is 37.7 Å². The fraction of sp³-hybridized carbons (Fsp3) is 0.412. The van der Waals surface area contributed by atoms with E-state index in [-0.39, 0.29) is 13.2 Å². The van der Waals surface area contributed by atoms with Crippen molar-refractivity contribution >= 4 is 20.9 Å². The molecule has 1 radical (unpaired) electrons. The molecule has 3 aromatic rings. The van der Waals surface area contributed by atoms with Crippen molar-refractivity contribution in [1.29, 1.82) is 0 Å². The molecule has 2 aliphatic heterocycles. The zero-order valence-corrected chi connectivity index (χ0v) is 27.0. The molecule has 10 heteroatoms. The van der Waals surface area contributed by atoms with E-state index < -0.39 is 57.1 Å². The molecule has 0 unspecified atom stereocenters. The minimum absolute atomic E-state index is 0.186. The Hall–Kier alpha value is -3.54. The summed E-state index contributed by atoms with van der Waals surface area (Å²) in [6.45, 7) is 10.4. The van der Waals surface area contributed by atoms with Gasteiger partial charge in [0.05, 0.1) is 37.1 Å². The van der Waals surface area contributed by atoms with Gasteiger partial charge >= 0.3 is 0 Å². The van der Waals surface area contributed by atoms with Crippen molar-refractivity contribution in [3.8, 4) is 11.5 Å². The highest BCUT2D eigenvalue weighted by Crippen LogP contribution is 2.37. The summed E-state index contributed by atoms with van der Waals surface area (Å²) in [7, 11) is 0.286. The van der Waals surface area contributed by atoms with Gasteiger partial charge in [-0.1, -0.05) is 42.5 Å². The molecule has 3 aromatic carbocycles. The second kappa shape index (κ2) is 13.6. The Bertz CT molecular complexity index is 1390. The summed E-state index contributed by atoms with van der Waals surface area (Å²) in [5.41, 5.74) is 1.14. The molecule has 44 heavy (non-hydrogen) atoms. The predicted molar refractivity (Wildman–Crippen MR) is 166 cm³/mol. The minimum Gasteiger partial charge on any atom is -0.497 e. The van der Waals surface area contributed by atoms with Crippen molar-refractivity contribution in [1.82, 2.24) is 4.90 Å². The number of hydrogen-bond acceptors (Lipinski definition) is 8. The van der Waals surface area contributed by atoms with Gasteiger partial charge in [0.2, 0.25) is 15.3 Å². The topological polar surface area (TPSA) is 92.8 Å². The Morgan fingerprint density at radius 3 is 1.98 bits per heavy atom. The highest BCUT2D eigenvalue weighted by Gasteiger charge is 2.56. The lowest BCUT2D eigenvalue weighted by atomic mass is 9.95. The maximum absolute atomic E-state index is 13.9. The molecular weight excluding hydrogens is 578 g/mol. The van der Waals surface area contributed by atoms with Crippen LogP contribution in [-0.4, -0.2) is 75.7 Å². The van der Waals surface area contributed by atoms with E-state index in [1.807, 2.05) is 64.2 Å². The van der Waals surface area contributed by atoms with Crippen LogP contribution in [0.15, 0.2) is 78.9 Å². The van der Waals surface area contributed by atoms with Gasteiger partial charge in [0.25, 0.3) is 11.8 Å². The summed E-state index contributed by atoms with van der Waals surface area (Å²) in [6.07, 6.45) is -3.17. The van der Waals surface area contributed by atoms with Crippen LogP contribution in [0.4, 0.5) is 0 Å². The van der Waals surface area contributed by atoms with E-state index >= 15 is 0 Å². The maximum Gasteiger partial charge on any atom is 0.262 e. The Kier molecular flexibility index (Phi) is 9.86. The lowest BCUT2D eigenvalue weighted by Gasteiger charge is -2.49. The Balaban J connectivity index is 1.59. The Labute approximate surface area is 260 Å². The first-order valence-electron chi connectivity index (χ1n) is 14.7.